The van der Waals surface area contributed by atoms with Gasteiger partial charge in [0.25, 0.3) is 0 Å². The maximum Gasteiger partial charge on any atom is 0.227 e. The first-order chi connectivity index (χ1) is 9.24. The molecule has 4 heteroatoms. The average molecular weight is 277 g/mol. The number of Topliss-reactive ketones (excluding diaryl/α,β-unsaturated/α-hetero) is 1. The molecule has 1 aromatic heterocycles. The van der Waals surface area contributed by atoms with Crippen LogP contribution >= 0.6 is 11.3 Å². The molecule has 1 aromatic rings. The lowest BCUT2D eigenvalue weighted by Crippen LogP contribution is -2.40. The maximum atomic E-state index is 12.4. The highest BCUT2D eigenvalue weighted by Gasteiger charge is 2.29. The zero-order chi connectivity index (χ0) is 13.2. The molecule has 1 N–H and O–H groups in total. The Labute approximate surface area is 117 Å². The van der Waals surface area contributed by atoms with Crippen LogP contribution in [0.25, 0.3) is 0 Å². The molecule has 0 spiro atoms. The minimum absolute atomic E-state index is 0.0348. The Morgan fingerprint density at radius 3 is 2.79 bits per heavy atom. The van der Waals surface area contributed by atoms with Gasteiger partial charge in [-0.15, -0.1) is 11.3 Å². The monoisotopic (exact) mass is 277 g/mol. The van der Waals surface area contributed by atoms with Gasteiger partial charge in [-0.25, -0.2) is 0 Å². The van der Waals surface area contributed by atoms with Gasteiger partial charge >= 0.3 is 0 Å². The van der Waals surface area contributed by atoms with Gasteiger partial charge in [0.1, 0.15) is 5.78 Å². The van der Waals surface area contributed by atoms with E-state index in [1.54, 1.807) is 11.3 Å². The van der Waals surface area contributed by atoms with Crippen molar-refractivity contribution in [1.29, 1.82) is 0 Å². The summed E-state index contributed by atoms with van der Waals surface area (Å²) in [5.74, 6) is 0.537. The summed E-state index contributed by atoms with van der Waals surface area (Å²) in [5, 5.41) is 5.25. The highest BCUT2D eigenvalue weighted by Crippen LogP contribution is 2.35. The van der Waals surface area contributed by atoms with Gasteiger partial charge in [0.15, 0.2) is 0 Å². The standard InChI is InChI=1S/C15H19NO2S/c17-11-6-4-10(5-7-11)16-15(18)13-2-1-3-14-12(13)8-9-19-14/h8-10,13H,1-7H2,(H,16,18). The van der Waals surface area contributed by atoms with Crippen LogP contribution in [0, 0.1) is 0 Å². The van der Waals surface area contributed by atoms with Gasteiger partial charge in [0, 0.05) is 23.8 Å². The predicted molar refractivity (Wildman–Crippen MR) is 75.4 cm³/mol. The molecule has 1 saturated carbocycles. The van der Waals surface area contributed by atoms with Gasteiger partial charge in [-0.05, 0) is 49.1 Å². The Kier molecular flexibility index (Phi) is 3.69. The Morgan fingerprint density at radius 1 is 1.21 bits per heavy atom. The molecule has 3 nitrogen and oxygen atoms in total. The lowest BCUT2D eigenvalue weighted by atomic mass is 9.86. The number of fused-ring (bicyclic) bond motifs is 1. The van der Waals surface area contributed by atoms with Crippen molar-refractivity contribution in [2.75, 3.05) is 0 Å². The van der Waals surface area contributed by atoms with Gasteiger partial charge in [-0.2, -0.15) is 0 Å². The largest absolute Gasteiger partial charge is 0.353 e. The van der Waals surface area contributed by atoms with Crippen LogP contribution in [0.3, 0.4) is 0 Å². The van der Waals surface area contributed by atoms with Gasteiger partial charge in [-0.3, -0.25) is 9.59 Å². The van der Waals surface area contributed by atoms with Crippen LogP contribution in [0.2, 0.25) is 0 Å². The summed E-state index contributed by atoms with van der Waals surface area (Å²) in [4.78, 5) is 25.0. The van der Waals surface area contributed by atoms with Crippen LogP contribution < -0.4 is 5.32 Å². The number of thiophene rings is 1. The minimum atomic E-state index is 0.0348. The number of carbonyl (C=O) groups is 2. The molecule has 102 valence electrons. The number of ketones is 1. The van der Waals surface area contributed by atoms with E-state index in [4.69, 9.17) is 0 Å². The smallest absolute Gasteiger partial charge is 0.227 e. The summed E-state index contributed by atoms with van der Waals surface area (Å²) in [6.45, 7) is 0. The summed E-state index contributed by atoms with van der Waals surface area (Å²) >= 11 is 1.77. The number of hydrogen-bond donors (Lipinski definition) is 1. The van der Waals surface area contributed by atoms with Crippen molar-refractivity contribution in [1.82, 2.24) is 5.32 Å². The highest BCUT2D eigenvalue weighted by molar-refractivity contribution is 7.10. The third-order valence-electron chi connectivity index (χ3n) is 4.26. The summed E-state index contributed by atoms with van der Waals surface area (Å²) in [6.07, 6.45) is 6.06. The fourth-order valence-corrected chi connectivity index (χ4v) is 4.13. The second-order valence-electron chi connectivity index (χ2n) is 5.57. The number of carbonyl (C=O) groups excluding carboxylic acids is 2. The van der Waals surface area contributed by atoms with E-state index in [0.29, 0.717) is 18.6 Å². The number of hydrogen-bond acceptors (Lipinski definition) is 3. The molecule has 0 aliphatic heterocycles. The molecule has 1 amide bonds. The third kappa shape index (κ3) is 2.73. The lowest BCUT2D eigenvalue weighted by molar-refractivity contribution is -0.126. The normalized spacial score (nSPS) is 24.0. The number of amides is 1. The van der Waals surface area contributed by atoms with Crippen LogP contribution in [0.1, 0.15) is 54.9 Å². The lowest BCUT2D eigenvalue weighted by Gasteiger charge is -2.27. The van der Waals surface area contributed by atoms with Gasteiger partial charge in [0.2, 0.25) is 5.91 Å². The second-order valence-corrected chi connectivity index (χ2v) is 6.57. The van der Waals surface area contributed by atoms with Gasteiger partial charge < -0.3 is 5.32 Å². The van der Waals surface area contributed by atoms with Crippen molar-refractivity contribution in [3.05, 3.63) is 21.9 Å². The van der Waals surface area contributed by atoms with E-state index >= 15 is 0 Å². The van der Waals surface area contributed by atoms with E-state index in [9.17, 15) is 9.59 Å². The molecule has 0 saturated heterocycles. The van der Waals surface area contributed by atoms with Crippen LogP contribution in [-0.4, -0.2) is 17.7 Å². The van der Waals surface area contributed by atoms with Crippen LogP contribution in [0.15, 0.2) is 11.4 Å². The molecule has 1 fully saturated rings. The number of nitrogens with one attached hydrogen (secondary N) is 1. The Morgan fingerprint density at radius 2 is 2.00 bits per heavy atom. The first kappa shape index (κ1) is 12.9. The van der Waals surface area contributed by atoms with Crippen molar-refractivity contribution in [2.45, 2.75) is 56.9 Å². The summed E-state index contributed by atoms with van der Waals surface area (Å²) in [7, 11) is 0. The molecule has 1 heterocycles. The first-order valence-electron chi connectivity index (χ1n) is 7.12. The molecule has 2 aliphatic rings. The van der Waals surface area contributed by atoms with E-state index in [1.807, 2.05) is 0 Å². The minimum Gasteiger partial charge on any atom is -0.353 e. The fraction of sp³-hybridized carbons (Fsp3) is 0.600. The van der Waals surface area contributed by atoms with Crippen LogP contribution in [-0.2, 0) is 16.0 Å². The summed E-state index contributed by atoms with van der Waals surface area (Å²) < 4.78 is 0. The Balaban J connectivity index is 1.64. The molecule has 0 radical (unpaired) electrons. The zero-order valence-corrected chi connectivity index (χ0v) is 11.8. The van der Waals surface area contributed by atoms with Crippen molar-refractivity contribution in [3.8, 4) is 0 Å². The molecule has 2 aliphatic carbocycles. The molecule has 1 unspecified atom stereocenters. The third-order valence-corrected chi connectivity index (χ3v) is 5.25. The van der Waals surface area contributed by atoms with Crippen LogP contribution in [0.5, 0.6) is 0 Å². The highest BCUT2D eigenvalue weighted by atomic mass is 32.1. The molecule has 1 atom stereocenters. The van der Waals surface area contributed by atoms with E-state index in [0.717, 1.165) is 32.1 Å². The summed E-state index contributed by atoms with van der Waals surface area (Å²) in [5.41, 5.74) is 1.24. The van der Waals surface area contributed by atoms with Crippen molar-refractivity contribution in [2.24, 2.45) is 0 Å². The average Bonchev–Trinajstić information content (AvgIpc) is 2.89. The molecule has 19 heavy (non-hydrogen) atoms. The van der Waals surface area contributed by atoms with Crippen molar-refractivity contribution >= 4 is 23.0 Å². The quantitative estimate of drug-likeness (QED) is 0.903. The number of rotatable bonds is 2. The summed E-state index contributed by atoms with van der Waals surface area (Å²) in [6, 6.07) is 2.31. The maximum absolute atomic E-state index is 12.4. The molecule has 3 rings (SSSR count). The molecular formula is C15H19NO2S. The Hall–Kier alpha value is -1.16. The van der Waals surface area contributed by atoms with E-state index in [-0.39, 0.29) is 17.9 Å². The predicted octanol–water partition coefficient (Wildman–Crippen LogP) is 2.80. The Bertz CT molecular complexity index is 484. The van der Waals surface area contributed by atoms with Gasteiger partial charge in [-0.1, -0.05) is 0 Å². The number of aryl methyl sites for hydroxylation is 1. The fourth-order valence-electron chi connectivity index (χ4n) is 3.14. The van der Waals surface area contributed by atoms with E-state index < -0.39 is 0 Å². The molecule has 0 bridgehead atoms. The SMILES string of the molecule is O=C1CCC(NC(=O)C2CCCc3sccc32)CC1. The second kappa shape index (κ2) is 5.45. The topological polar surface area (TPSA) is 46.2 Å². The van der Waals surface area contributed by atoms with Crippen molar-refractivity contribution < 1.29 is 9.59 Å². The molecular weight excluding hydrogens is 258 g/mol. The first-order valence-corrected chi connectivity index (χ1v) is 8.00. The van der Waals surface area contributed by atoms with Gasteiger partial charge in [0.05, 0.1) is 5.92 Å². The molecule has 0 aromatic carbocycles. The van der Waals surface area contributed by atoms with Crippen molar-refractivity contribution in [3.63, 3.8) is 0 Å². The van der Waals surface area contributed by atoms with E-state index in [2.05, 4.69) is 16.8 Å². The zero-order valence-electron chi connectivity index (χ0n) is 11.0. The van der Waals surface area contributed by atoms with Crippen LogP contribution in [0.4, 0.5) is 0 Å². The van der Waals surface area contributed by atoms with E-state index in [1.165, 1.54) is 10.4 Å².